The van der Waals surface area contributed by atoms with E-state index >= 15 is 0 Å². The van der Waals surface area contributed by atoms with Crippen molar-refractivity contribution in [2.75, 3.05) is 6.61 Å². The molecule has 0 aromatic carbocycles. The van der Waals surface area contributed by atoms with E-state index in [1.165, 1.54) is 0 Å². The maximum atomic E-state index is 12.0. The molecule has 0 radical (unpaired) electrons. The molecule has 0 aliphatic rings. The van der Waals surface area contributed by atoms with Crippen molar-refractivity contribution >= 4 is 11.9 Å². The Labute approximate surface area is 106 Å². The number of esters is 1. The van der Waals surface area contributed by atoms with Gasteiger partial charge >= 0.3 is 5.97 Å². The van der Waals surface area contributed by atoms with Crippen LogP contribution in [0.3, 0.4) is 0 Å². The van der Waals surface area contributed by atoms with Crippen molar-refractivity contribution in [3.63, 3.8) is 0 Å². The zero-order valence-corrected chi connectivity index (χ0v) is 11.1. The summed E-state index contributed by atoms with van der Waals surface area (Å²) in [5, 5.41) is 6.36. The van der Waals surface area contributed by atoms with Crippen LogP contribution < -0.4 is 5.32 Å². The van der Waals surface area contributed by atoms with Gasteiger partial charge in [-0.1, -0.05) is 12.1 Å². The second-order valence-electron chi connectivity index (χ2n) is 3.86. The summed E-state index contributed by atoms with van der Waals surface area (Å²) >= 11 is 0. The topological polar surface area (TPSA) is 81.4 Å². The molecule has 1 aromatic rings. The van der Waals surface area contributed by atoms with Crippen molar-refractivity contribution in [1.82, 2.24) is 10.5 Å². The van der Waals surface area contributed by atoms with Gasteiger partial charge in [0.15, 0.2) is 0 Å². The molecule has 1 N–H and O–H groups in total. The lowest BCUT2D eigenvalue weighted by atomic mass is 10.1. The van der Waals surface area contributed by atoms with Crippen LogP contribution in [-0.2, 0) is 16.0 Å². The van der Waals surface area contributed by atoms with E-state index in [1.807, 2.05) is 6.92 Å². The summed E-state index contributed by atoms with van der Waals surface area (Å²) in [5.41, 5.74) is 0.981. The Morgan fingerprint density at radius 3 is 2.67 bits per heavy atom. The monoisotopic (exact) mass is 254 g/mol. The maximum absolute atomic E-state index is 12.0. The largest absolute Gasteiger partial charge is 0.464 e. The molecule has 0 saturated carbocycles. The molecule has 1 amide bonds. The van der Waals surface area contributed by atoms with Crippen molar-refractivity contribution in [3.05, 3.63) is 17.0 Å². The van der Waals surface area contributed by atoms with Gasteiger partial charge in [-0.05, 0) is 27.2 Å². The molecule has 100 valence electrons. The molecule has 1 unspecified atom stereocenters. The van der Waals surface area contributed by atoms with Crippen LogP contribution in [0.15, 0.2) is 4.52 Å². The molecule has 1 heterocycles. The number of ether oxygens (including phenoxy) is 1. The van der Waals surface area contributed by atoms with E-state index in [0.717, 1.165) is 0 Å². The van der Waals surface area contributed by atoms with Gasteiger partial charge in [-0.3, -0.25) is 4.79 Å². The molecule has 0 aliphatic carbocycles. The summed E-state index contributed by atoms with van der Waals surface area (Å²) in [7, 11) is 0. The van der Waals surface area contributed by atoms with Crippen molar-refractivity contribution < 1.29 is 18.8 Å². The summed E-state index contributed by atoms with van der Waals surface area (Å²) in [6, 6.07) is -0.698. The van der Waals surface area contributed by atoms with Crippen LogP contribution >= 0.6 is 0 Å². The number of carbonyl (C=O) groups excluding carboxylic acids is 2. The number of aromatic nitrogens is 1. The Hall–Kier alpha value is -1.85. The quantitative estimate of drug-likeness (QED) is 0.799. The van der Waals surface area contributed by atoms with Gasteiger partial charge < -0.3 is 14.6 Å². The Morgan fingerprint density at radius 2 is 2.11 bits per heavy atom. The first-order chi connectivity index (χ1) is 8.51. The SMILES string of the molecule is CCOC(=O)C(C)NC(=O)c1c(CC)noc1C. The Kier molecular flexibility index (Phi) is 4.88. The Morgan fingerprint density at radius 1 is 1.44 bits per heavy atom. The lowest BCUT2D eigenvalue weighted by molar-refractivity contribution is -0.144. The number of nitrogens with one attached hydrogen (secondary N) is 1. The minimum absolute atomic E-state index is 0.283. The fraction of sp³-hybridized carbons (Fsp3) is 0.583. The standard InChI is InChI=1S/C12H18N2O4/c1-5-9-10(8(4)18-14-9)11(15)13-7(3)12(16)17-6-2/h7H,5-6H2,1-4H3,(H,13,15). The highest BCUT2D eigenvalue weighted by Crippen LogP contribution is 2.13. The third kappa shape index (κ3) is 3.09. The highest BCUT2D eigenvalue weighted by Gasteiger charge is 2.23. The van der Waals surface area contributed by atoms with E-state index in [1.54, 1.807) is 20.8 Å². The van der Waals surface area contributed by atoms with E-state index in [4.69, 9.17) is 9.26 Å². The normalized spacial score (nSPS) is 12.0. The number of nitrogens with zero attached hydrogens (tertiary/aromatic N) is 1. The van der Waals surface area contributed by atoms with Crippen LogP contribution in [0, 0.1) is 6.92 Å². The highest BCUT2D eigenvalue weighted by molar-refractivity contribution is 5.98. The van der Waals surface area contributed by atoms with E-state index < -0.39 is 12.0 Å². The first kappa shape index (κ1) is 14.2. The van der Waals surface area contributed by atoms with Crippen molar-refractivity contribution in [2.24, 2.45) is 0 Å². The molecule has 0 saturated heterocycles. The highest BCUT2D eigenvalue weighted by atomic mass is 16.5. The number of carbonyl (C=O) groups is 2. The van der Waals surface area contributed by atoms with Crippen LogP contribution in [0.2, 0.25) is 0 Å². The maximum Gasteiger partial charge on any atom is 0.328 e. The summed E-state index contributed by atoms with van der Waals surface area (Å²) in [6.45, 7) is 7.11. The molecule has 1 aromatic heterocycles. The first-order valence-corrected chi connectivity index (χ1v) is 5.93. The minimum atomic E-state index is -0.698. The zero-order valence-electron chi connectivity index (χ0n) is 11.1. The predicted molar refractivity (Wildman–Crippen MR) is 64.2 cm³/mol. The molecule has 0 bridgehead atoms. The van der Waals surface area contributed by atoms with Crippen LogP contribution in [0.5, 0.6) is 0 Å². The second kappa shape index (κ2) is 6.18. The molecular weight excluding hydrogens is 236 g/mol. The fourth-order valence-electron chi connectivity index (χ4n) is 1.55. The molecule has 6 nitrogen and oxygen atoms in total. The zero-order chi connectivity index (χ0) is 13.7. The molecule has 1 atom stereocenters. The van der Waals surface area contributed by atoms with E-state index in [-0.39, 0.29) is 12.5 Å². The number of hydrogen-bond acceptors (Lipinski definition) is 5. The molecule has 0 fully saturated rings. The fourth-order valence-corrected chi connectivity index (χ4v) is 1.55. The average molecular weight is 254 g/mol. The number of hydrogen-bond donors (Lipinski definition) is 1. The van der Waals surface area contributed by atoms with Crippen LogP contribution in [0.4, 0.5) is 0 Å². The second-order valence-corrected chi connectivity index (χ2v) is 3.86. The Bertz CT molecular complexity index is 439. The Balaban J connectivity index is 2.76. The first-order valence-electron chi connectivity index (χ1n) is 5.93. The van der Waals surface area contributed by atoms with Gasteiger partial charge in [0.05, 0.1) is 12.3 Å². The van der Waals surface area contributed by atoms with Crippen molar-refractivity contribution in [2.45, 2.75) is 40.2 Å². The van der Waals surface area contributed by atoms with E-state index in [0.29, 0.717) is 23.4 Å². The average Bonchev–Trinajstić information content (AvgIpc) is 2.70. The summed E-state index contributed by atoms with van der Waals surface area (Å²) < 4.78 is 9.79. The van der Waals surface area contributed by atoms with Crippen molar-refractivity contribution in [1.29, 1.82) is 0 Å². The van der Waals surface area contributed by atoms with E-state index in [9.17, 15) is 9.59 Å². The molecule has 1 rings (SSSR count). The van der Waals surface area contributed by atoms with Crippen LogP contribution in [0.25, 0.3) is 0 Å². The van der Waals surface area contributed by atoms with Crippen LogP contribution in [0.1, 0.15) is 42.6 Å². The van der Waals surface area contributed by atoms with Gasteiger partial charge in [-0.2, -0.15) is 0 Å². The summed E-state index contributed by atoms with van der Waals surface area (Å²) in [5.74, 6) is -0.385. The number of amides is 1. The molecular formula is C12H18N2O4. The minimum Gasteiger partial charge on any atom is -0.464 e. The van der Waals surface area contributed by atoms with Gasteiger partial charge in [0, 0.05) is 0 Å². The van der Waals surface area contributed by atoms with Gasteiger partial charge in [0.25, 0.3) is 5.91 Å². The van der Waals surface area contributed by atoms with Gasteiger partial charge in [0.1, 0.15) is 17.4 Å². The lowest BCUT2D eigenvalue weighted by Gasteiger charge is -2.12. The molecule has 0 spiro atoms. The van der Waals surface area contributed by atoms with Crippen LogP contribution in [-0.4, -0.2) is 29.7 Å². The smallest absolute Gasteiger partial charge is 0.328 e. The molecule has 6 heteroatoms. The lowest BCUT2D eigenvalue weighted by Crippen LogP contribution is -2.40. The van der Waals surface area contributed by atoms with Crippen molar-refractivity contribution in [3.8, 4) is 0 Å². The number of rotatable bonds is 5. The predicted octanol–water partition coefficient (Wildman–Crippen LogP) is 1.23. The van der Waals surface area contributed by atoms with E-state index in [2.05, 4.69) is 10.5 Å². The molecule has 0 aliphatic heterocycles. The van der Waals surface area contributed by atoms with Gasteiger partial charge in [-0.15, -0.1) is 0 Å². The summed E-state index contributed by atoms with van der Waals surface area (Å²) in [4.78, 5) is 23.4. The number of aryl methyl sites for hydroxylation is 2. The third-order valence-corrected chi connectivity index (χ3v) is 2.48. The summed E-state index contributed by atoms with van der Waals surface area (Å²) in [6.07, 6.45) is 0.591. The molecule has 18 heavy (non-hydrogen) atoms. The van der Waals surface area contributed by atoms with Gasteiger partial charge in [-0.25, -0.2) is 4.79 Å². The third-order valence-electron chi connectivity index (χ3n) is 2.48. The van der Waals surface area contributed by atoms with Gasteiger partial charge in [0.2, 0.25) is 0 Å².